The number of azo groups is 1. The molecule has 0 fully saturated rings. The summed E-state index contributed by atoms with van der Waals surface area (Å²) in [5.41, 5.74) is 1.21. The van der Waals surface area contributed by atoms with Crippen molar-refractivity contribution in [1.29, 1.82) is 0 Å². The van der Waals surface area contributed by atoms with E-state index < -0.39 is 0 Å². The van der Waals surface area contributed by atoms with E-state index in [4.69, 9.17) is 0 Å². The molecule has 0 aliphatic rings. The van der Waals surface area contributed by atoms with Crippen molar-refractivity contribution in [3.63, 3.8) is 0 Å². The normalized spacial score (nSPS) is 11.5. The van der Waals surface area contributed by atoms with Crippen molar-refractivity contribution in [2.75, 3.05) is 0 Å². The molecular formula is C15H19N3O2. The third-order valence-corrected chi connectivity index (χ3v) is 3.31. The summed E-state index contributed by atoms with van der Waals surface area (Å²) >= 11 is 0. The van der Waals surface area contributed by atoms with Crippen LogP contribution in [0.2, 0.25) is 0 Å². The van der Waals surface area contributed by atoms with Gasteiger partial charge in [-0.25, -0.2) is 0 Å². The average Bonchev–Trinajstić information content (AvgIpc) is 2.70. The largest absolute Gasteiger partial charge is 0.493 e. The highest BCUT2D eigenvalue weighted by atomic mass is 16.3. The summed E-state index contributed by atoms with van der Waals surface area (Å²) in [6.45, 7) is 2.08. The van der Waals surface area contributed by atoms with Gasteiger partial charge in [-0.15, -0.1) is 10.2 Å². The number of hydrogen-bond donors (Lipinski definition) is 1. The van der Waals surface area contributed by atoms with E-state index in [2.05, 4.69) is 17.2 Å². The Morgan fingerprint density at radius 2 is 2.05 bits per heavy atom. The van der Waals surface area contributed by atoms with Crippen LogP contribution in [-0.4, -0.2) is 15.6 Å². The van der Waals surface area contributed by atoms with Crippen LogP contribution < -0.4 is 0 Å². The van der Waals surface area contributed by atoms with Crippen molar-refractivity contribution in [3.05, 3.63) is 24.3 Å². The summed E-state index contributed by atoms with van der Waals surface area (Å²) in [6.07, 6.45) is 3.31. The number of aryl methyl sites for hydroxylation is 1. The number of rotatable bonds is 5. The van der Waals surface area contributed by atoms with Gasteiger partial charge >= 0.3 is 0 Å². The number of unbranched alkanes of at least 4 members (excludes halogenated alkanes) is 2. The maximum atomic E-state index is 11.6. The number of carbonyl (C=O) groups is 1. The quantitative estimate of drug-likeness (QED) is 0.659. The molecule has 1 aromatic carbocycles. The topological polar surface area (TPSA) is 66.9 Å². The smallest absolute Gasteiger partial charge is 0.264 e. The molecule has 0 aliphatic heterocycles. The van der Waals surface area contributed by atoms with Crippen LogP contribution in [0.5, 0.6) is 5.88 Å². The first-order chi connectivity index (χ1) is 9.65. The van der Waals surface area contributed by atoms with Crippen molar-refractivity contribution < 1.29 is 9.90 Å². The molecule has 1 aromatic heterocycles. The van der Waals surface area contributed by atoms with E-state index in [0.29, 0.717) is 12.1 Å². The third kappa shape index (κ3) is 2.87. The van der Waals surface area contributed by atoms with Crippen LogP contribution in [0.3, 0.4) is 0 Å². The Bertz CT molecular complexity index is 644. The molecule has 0 radical (unpaired) electrons. The molecule has 1 N–H and O–H groups in total. The van der Waals surface area contributed by atoms with Gasteiger partial charge in [-0.1, -0.05) is 38.0 Å². The summed E-state index contributed by atoms with van der Waals surface area (Å²) in [5.74, 6) is -0.220. The van der Waals surface area contributed by atoms with Crippen LogP contribution in [-0.2, 0) is 11.8 Å². The van der Waals surface area contributed by atoms with E-state index in [1.54, 1.807) is 11.6 Å². The van der Waals surface area contributed by atoms with Crippen LogP contribution in [0.1, 0.15) is 32.6 Å². The second-order valence-electron chi connectivity index (χ2n) is 4.80. The maximum Gasteiger partial charge on any atom is 0.264 e. The zero-order valence-corrected chi connectivity index (χ0v) is 11.8. The second-order valence-corrected chi connectivity index (χ2v) is 4.80. The Labute approximate surface area is 117 Å². The Morgan fingerprint density at radius 1 is 1.30 bits per heavy atom. The number of carbonyl (C=O) groups excluding carboxylic acids is 1. The minimum atomic E-state index is -0.245. The lowest BCUT2D eigenvalue weighted by Gasteiger charge is -1.95. The van der Waals surface area contributed by atoms with Gasteiger partial charge in [0.2, 0.25) is 5.88 Å². The molecule has 0 aliphatic carbocycles. The Balaban J connectivity index is 2.21. The molecule has 2 aromatic rings. The zero-order chi connectivity index (χ0) is 14.5. The number of amides is 1. The Hall–Kier alpha value is -2.17. The van der Waals surface area contributed by atoms with E-state index in [1.165, 1.54) is 0 Å². The molecule has 5 heteroatoms. The second kappa shape index (κ2) is 6.32. The SMILES string of the molecule is CCCCCC(=O)N=Nc1c(O)n(C)c2ccccc12. The number of hydrogen-bond acceptors (Lipinski definition) is 3. The van der Waals surface area contributed by atoms with Gasteiger partial charge in [0.25, 0.3) is 5.91 Å². The number of nitrogens with zero attached hydrogens (tertiary/aromatic N) is 3. The molecule has 1 amide bonds. The average molecular weight is 273 g/mol. The molecule has 1 heterocycles. The van der Waals surface area contributed by atoms with Gasteiger partial charge in [-0.2, -0.15) is 0 Å². The number of fused-ring (bicyclic) bond motifs is 1. The van der Waals surface area contributed by atoms with Crippen molar-refractivity contribution in [2.24, 2.45) is 17.3 Å². The van der Waals surface area contributed by atoms with Crippen molar-refractivity contribution >= 4 is 22.5 Å². The number of aromatic nitrogens is 1. The van der Waals surface area contributed by atoms with E-state index in [0.717, 1.165) is 30.2 Å². The first-order valence-electron chi connectivity index (χ1n) is 6.86. The van der Waals surface area contributed by atoms with Gasteiger partial charge in [-0.05, 0) is 12.5 Å². The first kappa shape index (κ1) is 14.2. The summed E-state index contributed by atoms with van der Waals surface area (Å²) in [6, 6.07) is 7.49. The van der Waals surface area contributed by atoms with Crippen LogP contribution in [0, 0.1) is 0 Å². The maximum absolute atomic E-state index is 11.6. The molecule has 20 heavy (non-hydrogen) atoms. The molecule has 106 valence electrons. The molecule has 0 unspecified atom stereocenters. The molecule has 0 bridgehead atoms. The van der Waals surface area contributed by atoms with Crippen molar-refractivity contribution in [3.8, 4) is 5.88 Å². The molecule has 0 saturated heterocycles. The van der Waals surface area contributed by atoms with E-state index >= 15 is 0 Å². The minimum Gasteiger partial charge on any atom is -0.493 e. The molecule has 0 atom stereocenters. The monoisotopic (exact) mass is 273 g/mol. The molecular weight excluding hydrogens is 254 g/mol. The molecule has 0 saturated carbocycles. The van der Waals surface area contributed by atoms with Crippen molar-refractivity contribution in [2.45, 2.75) is 32.6 Å². The highest BCUT2D eigenvalue weighted by molar-refractivity contribution is 5.95. The Morgan fingerprint density at radius 3 is 2.80 bits per heavy atom. The lowest BCUT2D eigenvalue weighted by Crippen LogP contribution is -1.91. The standard InChI is InChI=1S/C15H19N3O2/c1-3-4-5-10-13(19)16-17-14-11-8-6-7-9-12(11)18(2)15(14)20/h6-9,20H,3-5,10H2,1-2H3. The van der Waals surface area contributed by atoms with Crippen LogP contribution >= 0.6 is 0 Å². The summed E-state index contributed by atoms with van der Waals surface area (Å²) in [5, 5.41) is 18.5. The van der Waals surface area contributed by atoms with Gasteiger partial charge in [0.15, 0.2) is 5.69 Å². The Kier molecular flexibility index (Phi) is 4.50. The molecule has 0 spiro atoms. The fourth-order valence-corrected chi connectivity index (χ4v) is 2.14. The highest BCUT2D eigenvalue weighted by Crippen LogP contribution is 2.37. The highest BCUT2D eigenvalue weighted by Gasteiger charge is 2.13. The predicted octanol–water partition coefficient (Wildman–Crippen LogP) is 4.07. The van der Waals surface area contributed by atoms with E-state index in [1.807, 2.05) is 24.3 Å². The number of para-hydroxylation sites is 1. The lowest BCUT2D eigenvalue weighted by atomic mass is 10.2. The fraction of sp³-hybridized carbons (Fsp3) is 0.400. The van der Waals surface area contributed by atoms with Gasteiger partial charge in [0.05, 0.1) is 5.52 Å². The predicted molar refractivity (Wildman–Crippen MR) is 78.2 cm³/mol. The van der Waals surface area contributed by atoms with E-state index in [-0.39, 0.29) is 11.8 Å². The van der Waals surface area contributed by atoms with E-state index in [9.17, 15) is 9.90 Å². The fourth-order valence-electron chi connectivity index (χ4n) is 2.14. The lowest BCUT2D eigenvalue weighted by molar-refractivity contribution is -0.118. The van der Waals surface area contributed by atoms with Gasteiger partial charge < -0.3 is 9.67 Å². The van der Waals surface area contributed by atoms with Gasteiger partial charge in [0, 0.05) is 18.9 Å². The van der Waals surface area contributed by atoms with Crippen LogP contribution in [0.15, 0.2) is 34.5 Å². The van der Waals surface area contributed by atoms with Crippen LogP contribution in [0.25, 0.3) is 10.9 Å². The number of aromatic hydroxyl groups is 1. The summed E-state index contributed by atoms with van der Waals surface area (Å²) in [4.78, 5) is 11.6. The molecule has 2 rings (SSSR count). The molecule has 5 nitrogen and oxygen atoms in total. The first-order valence-corrected chi connectivity index (χ1v) is 6.86. The minimum absolute atomic E-state index is 0.0244. The van der Waals surface area contributed by atoms with Crippen LogP contribution in [0.4, 0.5) is 5.69 Å². The summed E-state index contributed by atoms with van der Waals surface area (Å²) in [7, 11) is 1.75. The third-order valence-electron chi connectivity index (χ3n) is 3.31. The van der Waals surface area contributed by atoms with Gasteiger partial charge in [-0.3, -0.25) is 4.79 Å². The van der Waals surface area contributed by atoms with Gasteiger partial charge in [0.1, 0.15) is 0 Å². The number of benzene rings is 1. The zero-order valence-electron chi connectivity index (χ0n) is 11.8. The summed E-state index contributed by atoms with van der Waals surface area (Å²) < 4.78 is 1.63. The van der Waals surface area contributed by atoms with Crippen molar-refractivity contribution in [1.82, 2.24) is 4.57 Å².